The Morgan fingerprint density at radius 3 is 2.56 bits per heavy atom. The summed E-state index contributed by atoms with van der Waals surface area (Å²) in [6.07, 6.45) is 3.69. The molecule has 1 fully saturated rings. The quantitative estimate of drug-likeness (QED) is 0.768. The van der Waals surface area contributed by atoms with Crippen LogP contribution in [0.1, 0.15) is 30.7 Å². The van der Waals surface area contributed by atoms with E-state index in [2.05, 4.69) is 42.5 Å². The maximum atomic E-state index is 6.20. The van der Waals surface area contributed by atoms with Crippen molar-refractivity contribution in [3.8, 4) is 0 Å². The third kappa shape index (κ3) is 1.52. The third-order valence-electron chi connectivity index (χ3n) is 3.79. The predicted molar refractivity (Wildman–Crippen MR) is 68.5 cm³/mol. The first-order chi connectivity index (χ1) is 7.86. The summed E-state index contributed by atoms with van der Waals surface area (Å²) in [5.41, 5.74) is 7.65. The van der Waals surface area contributed by atoms with Gasteiger partial charge in [0.15, 0.2) is 0 Å². The molecule has 0 aliphatic heterocycles. The van der Waals surface area contributed by atoms with Gasteiger partial charge in [-0.2, -0.15) is 0 Å². The molecule has 0 radical (unpaired) electrons. The summed E-state index contributed by atoms with van der Waals surface area (Å²) in [6, 6.07) is 15.5. The van der Waals surface area contributed by atoms with E-state index >= 15 is 0 Å². The molecule has 1 saturated carbocycles. The van der Waals surface area contributed by atoms with Crippen LogP contribution in [-0.2, 0) is 0 Å². The van der Waals surface area contributed by atoms with Crippen LogP contribution in [0.2, 0.25) is 0 Å². The molecule has 1 aliphatic rings. The first-order valence-electron chi connectivity index (χ1n) is 6.09. The monoisotopic (exact) mass is 211 g/mol. The fraction of sp³-hybridized carbons (Fsp3) is 0.333. The second kappa shape index (κ2) is 3.91. The molecule has 3 rings (SSSR count). The fourth-order valence-electron chi connectivity index (χ4n) is 2.95. The Kier molecular flexibility index (Phi) is 2.41. The van der Waals surface area contributed by atoms with Gasteiger partial charge in [-0.3, -0.25) is 0 Å². The number of hydrogen-bond acceptors (Lipinski definition) is 1. The van der Waals surface area contributed by atoms with Crippen molar-refractivity contribution in [3.63, 3.8) is 0 Å². The van der Waals surface area contributed by atoms with Gasteiger partial charge in [0.2, 0.25) is 0 Å². The first-order valence-corrected chi connectivity index (χ1v) is 6.09. The van der Waals surface area contributed by atoms with Crippen LogP contribution in [0, 0.1) is 0 Å². The van der Waals surface area contributed by atoms with Gasteiger partial charge < -0.3 is 5.73 Å². The lowest BCUT2D eigenvalue weighted by Gasteiger charge is -2.17. The maximum Gasteiger partial charge on any atom is 0.0108 e. The number of rotatable bonds is 1. The van der Waals surface area contributed by atoms with E-state index in [1.54, 1.807) is 0 Å². The van der Waals surface area contributed by atoms with Crippen LogP contribution >= 0.6 is 0 Å². The van der Waals surface area contributed by atoms with E-state index in [0.29, 0.717) is 12.0 Å². The van der Waals surface area contributed by atoms with E-state index in [1.807, 2.05) is 0 Å². The molecule has 16 heavy (non-hydrogen) atoms. The fourth-order valence-corrected chi connectivity index (χ4v) is 2.95. The molecular weight excluding hydrogens is 194 g/mol. The summed E-state index contributed by atoms with van der Waals surface area (Å²) in [6.45, 7) is 0. The van der Waals surface area contributed by atoms with Gasteiger partial charge in [-0.15, -0.1) is 0 Å². The number of benzene rings is 2. The first kappa shape index (κ1) is 9.86. The normalized spacial score (nSPS) is 25.1. The van der Waals surface area contributed by atoms with Gasteiger partial charge in [0, 0.05) is 6.04 Å². The van der Waals surface area contributed by atoms with E-state index in [4.69, 9.17) is 5.73 Å². The van der Waals surface area contributed by atoms with E-state index < -0.39 is 0 Å². The van der Waals surface area contributed by atoms with Crippen molar-refractivity contribution in [1.82, 2.24) is 0 Å². The van der Waals surface area contributed by atoms with Crippen molar-refractivity contribution >= 4 is 10.8 Å². The number of hydrogen-bond donors (Lipinski definition) is 1. The van der Waals surface area contributed by atoms with Gasteiger partial charge >= 0.3 is 0 Å². The van der Waals surface area contributed by atoms with Crippen LogP contribution in [0.25, 0.3) is 10.8 Å². The molecule has 0 heterocycles. The highest BCUT2D eigenvalue weighted by Gasteiger charge is 2.26. The molecule has 0 amide bonds. The Bertz CT molecular complexity index is 498. The van der Waals surface area contributed by atoms with Crippen LogP contribution in [-0.4, -0.2) is 6.04 Å². The predicted octanol–water partition coefficient (Wildman–Crippen LogP) is 3.43. The Labute approximate surface area is 96.3 Å². The molecule has 0 spiro atoms. The summed E-state index contributed by atoms with van der Waals surface area (Å²) in [7, 11) is 0. The van der Waals surface area contributed by atoms with E-state index in [-0.39, 0.29) is 0 Å². The van der Waals surface area contributed by atoms with Gasteiger partial charge in [-0.25, -0.2) is 0 Å². The molecule has 2 atom stereocenters. The molecule has 1 aliphatic carbocycles. The summed E-state index contributed by atoms with van der Waals surface area (Å²) in [5.74, 6) is 0.561. The molecule has 2 aromatic rings. The molecule has 0 bridgehead atoms. The van der Waals surface area contributed by atoms with Crippen molar-refractivity contribution in [2.75, 3.05) is 0 Å². The lowest BCUT2D eigenvalue weighted by Crippen LogP contribution is -2.22. The minimum absolute atomic E-state index is 0.353. The minimum Gasteiger partial charge on any atom is -0.327 e. The Hall–Kier alpha value is -1.34. The van der Waals surface area contributed by atoms with E-state index in [9.17, 15) is 0 Å². The Morgan fingerprint density at radius 1 is 0.938 bits per heavy atom. The summed E-state index contributed by atoms with van der Waals surface area (Å²) < 4.78 is 0. The van der Waals surface area contributed by atoms with Gasteiger partial charge in [-0.1, -0.05) is 48.9 Å². The molecule has 82 valence electrons. The van der Waals surface area contributed by atoms with Crippen molar-refractivity contribution in [3.05, 3.63) is 48.0 Å². The second-order valence-corrected chi connectivity index (χ2v) is 4.77. The minimum atomic E-state index is 0.353. The van der Waals surface area contributed by atoms with Crippen LogP contribution in [0.4, 0.5) is 0 Å². The van der Waals surface area contributed by atoms with Crippen molar-refractivity contribution in [2.45, 2.75) is 31.2 Å². The van der Waals surface area contributed by atoms with Crippen molar-refractivity contribution in [2.24, 2.45) is 5.73 Å². The lowest BCUT2D eigenvalue weighted by atomic mass is 9.90. The lowest BCUT2D eigenvalue weighted by molar-refractivity contribution is 0.617. The van der Waals surface area contributed by atoms with Crippen LogP contribution in [0.3, 0.4) is 0 Å². The molecule has 2 unspecified atom stereocenters. The Balaban J connectivity index is 2.16. The Morgan fingerprint density at radius 2 is 1.75 bits per heavy atom. The molecule has 2 aromatic carbocycles. The smallest absolute Gasteiger partial charge is 0.0108 e. The molecule has 2 N–H and O–H groups in total. The maximum absolute atomic E-state index is 6.20. The van der Waals surface area contributed by atoms with Crippen LogP contribution < -0.4 is 5.73 Å². The summed E-state index contributed by atoms with van der Waals surface area (Å²) in [5, 5.41) is 2.71. The molecule has 1 heteroatoms. The van der Waals surface area contributed by atoms with Gasteiger partial charge in [0.25, 0.3) is 0 Å². The van der Waals surface area contributed by atoms with Gasteiger partial charge in [0.1, 0.15) is 0 Å². The largest absolute Gasteiger partial charge is 0.327 e. The highest BCUT2D eigenvalue weighted by Crippen LogP contribution is 2.36. The third-order valence-corrected chi connectivity index (χ3v) is 3.79. The standard InChI is InChI=1S/C15H17N/c16-15-10-4-9-14(15)13-8-3-6-11-5-1-2-7-12(11)13/h1-3,5-8,14-15H,4,9-10,16H2. The van der Waals surface area contributed by atoms with E-state index in [0.717, 1.165) is 0 Å². The zero-order chi connectivity index (χ0) is 11.0. The SMILES string of the molecule is NC1CCCC1c1cccc2ccccc12. The highest BCUT2D eigenvalue weighted by atomic mass is 14.7. The van der Waals surface area contributed by atoms with Crippen molar-refractivity contribution in [1.29, 1.82) is 0 Å². The van der Waals surface area contributed by atoms with Gasteiger partial charge in [0.05, 0.1) is 0 Å². The average molecular weight is 211 g/mol. The molecule has 1 nitrogen and oxygen atoms in total. The van der Waals surface area contributed by atoms with E-state index in [1.165, 1.54) is 35.6 Å². The molecular formula is C15H17N. The highest BCUT2D eigenvalue weighted by molar-refractivity contribution is 5.86. The number of nitrogens with two attached hydrogens (primary N) is 1. The summed E-state index contributed by atoms with van der Waals surface area (Å²) >= 11 is 0. The molecule has 0 saturated heterocycles. The zero-order valence-electron chi connectivity index (χ0n) is 9.39. The van der Waals surface area contributed by atoms with Crippen LogP contribution in [0.15, 0.2) is 42.5 Å². The van der Waals surface area contributed by atoms with Crippen LogP contribution in [0.5, 0.6) is 0 Å². The van der Waals surface area contributed by atoms with Gasteiger partial charge in [-0.05, 0) is 35.1 Å². The zero-order valence-corrected chi connectivity index (χ0v) is 9.39. The van der Waals surface area contributed by atoms with Crippen molar-refractivity contribution < 1.29 is 0 Å². The second-order valence-electron chi connectivity index (χ2n) is 4.77. The summed E-state index contributed by atoms with van der Waals surface area (Å²) in [4.78, 5) is 0. The number of fused-ring (bicyclic) bond motifs is 1. The average Bonchev–Trinajstić information content (AvgIpc) is 2.75. The topological polar surface area (TPSA) is 26.0 Å². The molecule has 0 aromatic heterocycles.